The molecule has 5 nitrogen and oxygen atoms in total. The first-order valence-corrected chi connectivity index (χ1v) is 7.21. The highest BCUT2D eigenvalue weighted by atomic mass is 16.5. The number of ketones is 1. The summed E-state index contributed by atoms with van der Waals surface area (Å²) in [5.41, 5.74) is 0.613. The zero-order valence-corrected chi connectivity index (χ0v) is 13.1. The molecule has 0 amide bonds. The van der Waals surface area contributed by atoms with Crippen LogP contribution >= 0.6 is 0 Å². The van der Waals surface area contributed by atoms with Gasteiger partial charge in [0.05, 0.1) is 6.61 Å². The van der Waals surface area contributed by atoms with Gasteiger partial charge in [-0.3, -0.25) is 14.4 Å². The van der Waals surface area contributed by atoms with E-state index >= 15 is 0 Å². The van der Waals surface area contributed by atoms with Crippen LogP contribution in [0, 0.1) is 23.2 Å². The third-order valence-corrected chi connectivity index (χ3v) is 5.01. The van der Waals surface area contributed by atoms with Crippen LogP contribution in [0.4, 0.5) is 0 Å². The van der Waals surface area contributed by atoms with Crippen molar-refractivity contribution in [1.29, 1.82) is 0 Å². The van der Waals surface area contributed by atoms with Crippen molar-refractivity contribution in [1.82, 2.24) is 0 Å². The van der Waals surface area contributed by atoms with Crippen molar-refractivity contribution in [2.75, 3.05) is 6.61 Å². The van der Waals surface area contributed by atoms with E-state index in [1.54, 1.807) is 0 Å². The highest BCUT2D eigenvalue weighted by Crippen LogP contribution is 2.55. The number of carbonyl (C=O) groups is 3. The predicted octanol–water partition coefficient (Wildman–Crippen LogP) is 1.90. The molecule has 116 valence electrons. The molecule has 3 aliphatic rings. The van der Waals surface area contributed by atoms with Crippen LogP contribution in [-0.2, 0) is 23.9 Å². The molecular formula is C16H22O5. The molecule has 1 fully saturated rings. The van der Waals surface area contributed by atoms with Gasteiger partial charge in [0.2, 0.25) is 0 Å². The minimum atomic E-state index is -0.769. The van der Waals surface area contributed by atoms with Crippen molar-refractivity contribution in [3.63, 3.8) is 0 Å². The predicted molar refractivity (Wildman–Crippen MR) is 75.2 cm³/mol. The zero-order chi connectivity index (χ0) is 15.9. The van der Waals surface area contributed by atoms with Crippen molar-refractivity contribution in [3.05, 3.63) is 11.6 Å². The van der Waals surface area contributed by atoms with Gasteiger partial charge in [0.25, 0.3) is 0 Å². The molecule has 0 aromatic rings. The Balaban J connectivity index is 2.39. The fourth-order valence-corrected chi connectivity index (χ4v) is 3.80. The molecule has 0 heterocycles. The van der Waals surface area contributed by atoms with Gasteiger partial charge in [-0.25, -0.2) is 0 Å². The lowest BCUT2D eigenvalue weighted by molar-refractivity contribution is -0.177. The summed E-state index contributed by atoms with van der Waals surface area (Å²) < 4.78 is 10.5. The molecule has 0 aliphatic heterocycles. The quantitative estimate of drug-likeness (QED) is 0.587. The van der Waals surface area contributed by atoms with Gasteiger partial charge in [-0.15, -0.1) is 0 Å². The van der Waals surface area contributed by atoms with Crippen molar-refractivity contribution in [2.24, 2.45) is 23.2 Å². The summed E-state index contributed by atoms with van der Waals surface area (Å²) in [5, 5.41) is 0. The second kappa shape index (κ2) is 5.28. The molecule has 3 rings (SSSR count). The lowest BCUT2D eigenvalue weighted by Crippen LogP contribution is -2.60. The van der Waals surface area contributed by atoms with E-state index in [2.05, 4.69) is 0 Å². The van der Waals surface area contributed by atoms with Gasteiger partial charge >= 0.3 is 11.9 Å². The summed E-state index contributed by atoms with van der Waals surface area (Å²) in [7, 11) is 0. The average Bonchev–Trinajstić information content (AvgIpc) is 2.37. The maximum Gasteiger partial charge on any atom is 0.303 e. The van der Waals surface area contributed by atoms with E-state index in [9.17, 15) is 14.4 Å². The molecule has 1 saturated carbocycles. The highest BCUT2D eigenvalue weighted by molar-refractivity contribution is 5.92. The van der Waals surface area contributed by atoms with Crippen molar-refractivity contribution in [3.8, 4) is 0 Å². The topological polar surface area (TPSA) is 69.7 Å². The summed E-state index contributed by atoms with van der Waals surface area (Å²) in [6, 6.07) is 0. The van der Waals surface area contributed by atoms with E-state index in [-0.39, 0.29) is 36.1 Å². The van der Waals surface area contributed by atoms with Crippen LogP contribution in [0.1, 0.15) is 34.6 Å². The van der Waals surface area contributed by atoms with Gasteiger partial charge in [0.15, 0.2) is 11.9 Å². The number of fused-ring (bicyclic) bond motifs is 2. The van der Waals surface area contributed by atoms with Gasteiger partial charge in [-0.1, -0.05) is 25.5 Å². The Hall–Kier alpha value is -1.65. The van der Waals surface area contributed by atoms with Crippen LogP contribution in [0.15, 0.2) is 11.6 Å². The van der Waals surface area contributed by atoms with E-state index in [1.807, 2.05) is 26.8 Å². The van der Waals surface area contributed by atoms with Gasteiger partial charge in [-0.05, 0) is 12.8 Å². The molecule has 1 unspecified atom stereocenters. The van der Waals surface area contributed by atoms with Crippen LogP contribution in [0.2, 0.25) is 0 Å². The summed E-state index contributed by atoms with van der Waals surface area (Å²) in [5.74, 6) is -1.36. The van der Waals surface area contributed by atoms with Crippen molar-refractivity contribution >= 4 is 17.7 Å². The number of rotatable bonds is 3. The monoisotopic (exact) mass is 294 g/mol. The SMILES string of the molecule is CC(=O)OC[C@@]1(C)[C@H]2C(C)=C[C@H](C(=O)C2OC(C)=O)[C@@H]1C. The summed E-state index contributed by atoms with van der Waals surface area (Å²) in [6.45, 7) is 8.83. The number of hydrogen-bond donors (Lipinski definition) is 0. The number of carbonyl (C=O) groups excluding carboxylic acids is 3. The first-order valence-electron chi connectivity index (χ1n) is 7.21. The molecule has 0 N–H and O–H groups in total. The third kappa shape index (κ3) is 2.49. The highest BCUT2D eigenvalue weighted by Gasteiger charge is 2.59. The fraction of sp³-hybridized carbons (Fsp3) is 0.688. The fourth-order valence-electron chi connectivity index (χ4n) is 3.80. The maximum atomic E-state index is 12.5. The van der Waals surface area contributed by atoms with Crippen molar-refractivity contribution in [2.45, 2.75) is 40.7 Å². The smallest absolute Gasteiger partial charge is 0.303 e. The largest absolute Gasteiger partial charge is 0.465 e. The van der Waals surface area contributed by atoms with E-state index in [1.165, 1.54) is 13.8 Å². The average molecular weight is 294 g/mol. The number of allylic oxidation sites excluding steroid dienone is 1. The summed E-state index contributed by atoms with van der Waals surface area (Å²) in [4.78, 5) is 35.0. The Morgan fingerprint density at radius 1 is 1.29 bits per heavy atom. The van der Waals surface area contributed by atoms with E-state index in [0.717, 1.165) is 5.57 Å². The Labute approximate surface area is 124 Å². The van der Waals surface area contributed by atoms with Gasteiger partial charge in [0, 0.05) is 31.1 Å². The molecule has 2 bridgehead atoms. The number of esters is 2. The molecule has 0 spiro atoms. The molecule has 5 atom stereocenters. The Morgan fingerprint density at radius 2 is 1.90 bits per heavy atom. The van der Waals surface area contributed by atoms with Gasteiger partial charge in [-0.2, -0.15) is 0 Å². The van der Waals surface area contributed by atoms with Crippen LogP contribution < -0.4 is 0 Å². The second-order valence-corrected chi connectivity index (χ2v) is 6.42. The number of ether oxygens (including phenoxy) is 2. The minimum absolute atomic E-state index is 0.0323. The van der Waals surface area contributed by atoms with Crippen LogP contribution in [0.3, 0.4) is 0 Å². The first-order chi connectivity index (χ1) is 9.68. The number of Topliss-reactive ketones (excluding diaryl/α,β-unsaturated/α-hetero) is 1. The summed E-state index contributed by atoms with van der Waals surface area (Å²) in [6.07, 6.45) is 1.20. The lowest BCUT2D eigenvalue weighted by atomic mass is 9.51. The van der Waals surface area contributed by atoms with Gasteiger partial charge < -0.3 is 9.47 Å². The Kier molecular flexibility index (Phi) is 3.95. The van der Waals surface area contributed by atoms with Gasteiger partial charge in [0.1, 0.15) is 0 Å². The Morgan fingerprint density at radius 3 is 2.43 bits per heavy atom. The maximum absolute atomic E-state index is 12.5. The molecule has 0 aromatic carbocycles. The summed E-state index contributed by atoms with van der Waals surface area (Å²) >= 11 is 0. The van der Waals surface area contributed by atoms with Crippen molar-refractivity contribution < 1.29 is 23.9 Å². The van der Waals surface area contributed by atoms with Crippen LogP contribution in [0.5, 0.6) is 0 Å². The van der Waals surface area contributed by atoms with E-state index in [4.69, 9.17) is 9.47 Å². The minimum Gasteiger partial charge on any atom is -0.465 e. The first kappa shape index (κ1) is 15.7. The molecule has 0 radical (unpaired) electrons. The molecule has 0 aromatic heterocycles. The molecule has 5 heteroatoms. The zero-order valence-electron chi connectivity index (χ0n) is 13.1. The normalized spacial score (nSPS) is 38.0. The second-order valence-electron chi connectivity index (χ2n) is 6.42. The Bertz CT molecular complexity index is 521. The lowest BCUT2D eigenvalue weighted by Gasteiger charge is -2.54. The molecular weight excluding hydrogens is 272 g/mol. The van der Waals surface area contributed by atoms with E-state index in [0.29, 0.717) is 0 Å². The third-order valence-electron chi connectivity index (χ3n) is 5.01. The van der Waals surface area contributed by atoms with Crippen LogP contribution in [0.25, 0.3) is 0 Å². The number of hydrogen-bond acceptors (Lipinski definition) is 5. The standard InChI is InChI=1S/C16H22O5/c1-8-6-12-9(2)16(5,7-20-10(3)17)13(8)15(14(12)19)21-11(4)18/h6,9,12-13,15H,7H2,1-5H3/t9-,12-,13-,15?,16+/m0/s1. The molecule has 0 saturated heterocycles. The molecule has 3 aliphatic carbocycles. The van der Waals surface area contributed by atoms with E-state index < -0.39 is 17.5 Å². The molecule has 21 heavy (non-hydrogen) atoms. The van der Waals surface area contributed by atoms with Crippen LogP contribution in [-0.4, -0.2) is 30.4 Å².